The highest BCUT2D eigenvalue weighted by molar-refractivity contribution is 7.11. The van der Waals surface area contributed by atoms with Crippen molar-refractivity contribution in [1.82, 2.24) is 9.97 Å². The Morgan fingerprint density at radius 3 is 2.88 bits per heavy atom. The molecule has 0 bridgehead atoms. The number of halogens is 1. The largest absolute Gasteiger partial charge is 0.389 e. The molecule has 2 rings (SSSR count). The molecule has 5 heteroatoms. The first-order valence-corrected chi connectivity index (χ1v) is 5.50. The van der Waals surface area contributed by atoms with Gasteiger partial charge in [0, 0.05) is 28.2 Å². The molecular formula is C11H9FN2OS. The molecule has 2 heterocycles. The second-order valence-electron chi connectivity index (χ2n) is 3.06. The van der Waals surface area contributed by atoms with Crippen LogP contribution in [-0.4, -0.2) is 21.7 Å². The fourth-order valence-corrected chi connectivity index (χ4v) is 2.02. The molecule has 0 aliphatic heterocycles. The van der Waals surface area contributed by atoms with E-state index in [0.29, 0.717) is 5.82 Å². The van der Waals surface area contributed by atoms with Crippen molar-refractivity contribution in [3.8, 4) is 11.4 Å². The summed E-state index contributed by atoms with van der Waals surface area (Å²) in [6.07, 6.45) is 4.62. The molecule has 3 nitrogen and oxygen atoms in total. The topological polar surface area (TPSA) is 46.0 Å². The molecule has 0 aliphatic carbocycles. The van der Waals surface area contributed by atoms with E-state index < -0.39 is 12.4 Å². The van der Waals surface area contributed by atoms with E-state index in [-0.39, 0.29) is 0 Å². The van der Waals surface area contributed by atoms with Crippen molar-refractivity contribution in [1.29, 1.82) is 0 Å². The predicted octanol–water partition coefficient (Wildman–Crippen LogP) is 2.51. The van der Waals surface area contributed by atoms with E-state index in [1.807, 2.05) is 5.38 Å². The van der Waals surface area contributed by atoms with E-state index in [0.717, 1.165) is 10.4 Å². The van der Waals surface area contributed by atoms with Crippen molar-refractivity contribution in [3.63, 3.8) is 0 Å². The molecule has 16 heavy (non-hydrogen) atoms. The summed E-state index contributed by atoms with van der Waals surface area (Å²) in [5, 5.41) is 10.4. The van der Waals surface area contributed by atoms with Crippen LogP contribution in [0.1, 0.15) is 4.88 Å². The number of hydrogen-bond donors (Lipinski definition) is 1. The smallest absolute Gasteiger partial charge is 0.159 e. The molecule has 0 fully saturated rings. The van der Waals surface area contributed by atoms with Gasteiger partial charge in [-0.05, 0) is 18.2 Å². The fraction of sp³-hybridized carbons (Fsp3) is 0.0909. The maximum absolute atomic E-state index is 12.8. The molecule has 0 radical (unpaired) electrons. The first kappa shape index (κ1) is 10.9. The normalized spacial score (nSPS) is 11.8. The van der Waals surface area contributed by atoms with Gasteiger partial charge in [0.1, 0.15) is 5.83 Å². The third kappa shape index (κ3) is 2.50. The zero-order chi connectivity index (χ0) is 11.4. The van der Waals surface area contributed by atoms with E-state index in [1.165, 1.54) is 17.4 Å². The summed E-state index contributed by atoms with van der Waals surface area (Å²) >= 11 is 1.38. The molecule has 0 atom stereocenters. The van der Waals surface area contributed by atoms with Gasteiger partial charge in [0.25, 0.3) is 0 Å². The number of rotatable bonds is 3. The van der Waals surface area contributed by atoms with Gasteiger partial charge in [0.15, 0.2) is 5.82 Å². The van der Waals surface area contributed by atoms with Crippen LogP contribution in [0, 0.1) is 0 Å². The van der Waals surface area contributed by atoms with E-state index in [1.54, 1.807) is 24.5 Å². The van der Waals surface area contributed by atoms with Crippen molar-refractivity contribution < 1.29 is 9.50 Å². The van der Waals surface area contributed by atoms with Crippen molar-refractivity contribution in [2.75, 3.05) is 6.61 Å². The van der Waals surface area contributed by atoms with Crippen LogP contribution in [0.2, 0.25) is 0 Å². The maximum atomic E-state index is 12.8. The lowest BCUT2D eigenvalue weighted by Crippen LogP contribution is -1.83. The summed E-state index contributed by atoms with van der Waals surface area (Å²) in [6, 6.07) is 3.53. The van der Waals surface area contributed by atoms with Crippen molar-refractivity contribution in [3.05, 3.63) is 40.6 Å². The molecule has 0 saturated carbocycles. The standard InChI is InChI=1S/C11H9FN2OS/c12-9(6-15)5-10-4-8(7-16-10)11-13-2-1-3-14-11/h1-5,7,15H,6H2/b9-5-. The third-order valence-corrected chi connectivity index (χ3v) is 2.77. The number of aromatic nitrogens is 2. The molecule has 0 spiro atoms. The Bertz CT molecular complexity index is 496. The minimum absolute atomic E-state index is 0.553. The number of hydrogen-bond acceptors (Lipinski definition) is 4. The van der Waals surface area contributed by atoms with Gasteiger partial charge in [-0.15, -0.1) is 11.3 Å². The molecule has 2 aromatic heterocycles. The second kappa shape index (κ2) is 4.96. The lowest BCUT2D eigenvalue weighted by atomic mass is 10.3. The Morgan fingerprint density at radius 1 is 1.44 bits per heavy atom. The molecule has 0 aliphatic rings. The van der Waals surface area contributed by atoms with Gasteiger partial charge >= 0.3 is 0 Å². The van der Waals surface area contributed by atoms with Crippen LogP contribution in [0.15, 0.2) is 35.7 Å². The Kier molecular flexibility index (Phi) is 3.38. The van der Waals surface area contributed by atoms with Crippen LogP contribution >= 0.6 is 11.3 Å². The van der Waals surface area contributed by atoms with Gasteiger partial charge in [-0.3, -0.25) is 0 Å². The molecule has 0 amide bonds. The lowest BCUT2D eigenvalue weighted by molar-refractivity contribution is 0.300. The number of thiophene rings is 1. The Morgan fingerprint density at radius 2 is 2.19 bits per heavy atom. The highest BCUT2D eigenvalue weighted by atomic mass is 32.1. The maximum Gasteiger partial charge on any atom is 0.159 e. The molecule has 0 saturated heterocycles. The predicted molar refractivity (Wildman–Crippen MR) is 61.5 cm³/mol. The summed E-state index contributed by atoms with van der Waals surface area (Å²) in [5.41, 5.74) is 0.850. The van der Waals surface area contributed by atoms with Gasteiger partial charge in [0.2, 0.25) is 0 Å². The lowest BCUT2D eigenvalue weighted by Gasteiger charge is -1.92. The van der Waals surface area contributed by atoms with Crippen molar-refractivity contribution in [2.24, 2.45) is 0 Å². The van der Waals surface area contributed by atoms with Gasteiger partial charge in [-0.25, -0.2) is 14.4 Å². The van der Waals surface area contributed by atoms with Crippen LogP contribution in [0.4, 0.5) is 4.39 Å². The number of aliphatic hydroxyl groups excluding tert-OH is 1. The SMILES string of the molecule is OC/C(F)=C/c1cc(-c2ncccn2)cs1. The molecule has 1 N–H and O–H groups in total. The van der Waals surface area contributed by atoms with Crippen molar-refractivity contribution in [2.45, 2.75) is 0 Å². The minimum atomic E-state index is -0.574. The quantitative estimate of drug-likeness (QED) is 0.890. The molecule has 2 aromatic rings. The zero-order valence-electron chi connectivity index (χ0n) is 8.30. The van der Waals surface area contributed by atoms with Crippen LogP contribution in [0.25, 0.3) is 17.5 Å². The Balaban J connectivity index is 2.27. The van der Waals surface area contributed by atoms with Gasteiger partial charge in [0.05, 0.1) is 6.61 Å². The summed E-state index contributed by atoms with van der Waals surface area (Å²) in [5.74, 6) is 0.0604. The number of aliphatic hydroxyl groups is 1. The van der Waals surface area contributed by atoms with E-state index in [4.69, 9.17) is 5.11 Å². The Hall–Kier alpha value is -1.59. The van der Waals surface area contributed by atoms with Crippen LogP contribution in [0.3, 0.4) is 0 Å². The molecular weight excluding hydrogens is 227 g/mol. The monoisotopic (exact) mass is 236 g/mol. The van der Waals surface area contributed by atoms with Gasteiger partial charge in [-0.1, -0.05) is 0 Å². The molecule has 0 unspecified atom stereocenters. The Labute approximate surface area is 95.9 Å². The number of nitrogens with zero attached hydrogens (tertiary/aromatic N) is 2. The van der Waals surface area contributed by atoms with Crippen LogP contribution in [-0.2, 0) is 0 Å². The minimum Gasteiger partial charge on any atom is -0.389 e. The summed E-state index contributed by atoms with van der Waals surface area (Å²) in [7, 11) is 0. The summed E-state index contributed by atoms with van der Waals surface area (Å²) < 4.78 is 12.8. The van der Waals surface area contributed by atoms with Gasteiger partial charge in [-0.2, -0.15) is 0 Å². The first-order chi connectivity index (χ1) is 7.79. The van der Waals surface area contributed by atoms with Crippen molar-refractivity contribution >= 4 is 17.4 Å². The van der Waals surface area contributed by atoms with E-state index in [2.05, 4.69) is 9.97 Å². The highest BCUT2D eigenvalue weighted by Gasteiger charge is 2.03. The third-order valence-electron chi connectivity index (χ3n) is 1.89. The van der Waals surface area contributed by atoms with E-state index >= 15 is 0 Å². The summed E-state index contributed by atoms with van der Waals surface area (Å²) in [4.78, 5) is 8.92. The van der Waals surface area contributed by atoms with E-state index in [9.17, 15) is 4.39 Å². The average Bonchev–Trinajstić information content (AvgIpc) is 2.78. The summed E-state index contributed by atoms with van der Waals surface area (Å²) in [6.45, 7) is -0.574. The fourth-order valence-electron chi connectivity index (χ4n) is 1.19. The van der Waals surface area contributed by atoms with Crippen LogP contribution < -0.4 is 0 Å². The highest BCUT2D eigenvalue weighted by Crippen LogP contribution is 2.24. The molecule has 0 aromatic carbocycles. The van der Waals surface area contributed by atoms with Gasteiger partial charge < -0.3 is 5.11 Å². The first-order valence-electron chi connectivity index (χ1n) is 4.62. The second-order valence-corrected chi connectivity index (χ2v) is 4.00. The van der Waals surface area contributed by atoms with Crippen LogP contribution in [0.5, 0.6) is 0 Å². The zero-order valence-corrected chi connectivity index (χ0v) is 9.12. The molecule has 82 valence electrons. The average molecular weight is 236 g/mol.